The zero-order valence-electron chi connectivity index (χ0n) is 10.0. The first-order chi connectivity index (χ1) is 8.65. The minimum atomic E-state index is -0.714. The smallest absolute Gasteiger partial charge is 0.309 e. The molecule has 1 aliphatic heterocycles. The zero-order valence-corrected chi connectivity index (χ0v) is 10.0. The second-order valence-electron chi connectivity index (χ2n) is 4.45. The number of ether oxygens (including phenoxy) is 1. The predicted octanol–water partition coefficient (Wildman–Crippen LogP) is 1.61. The number of benzene rings is 1. The van der Waals surface area contributed by atoms with E-state index in [4.69, 9.17) is 9.84 Å². The van der Waals surface area contributed by atoms with Gasteiger partial charge in [-0.05, 0) is 30.7 Å². The highest BCUT2D eigenvalue weighted by Gasteiger charge is 2.31. The summed E-state index contributed by atoms with van der Waals surface area (Å²) in [5, 5.41) is 8.71. The van der Waals surface area contributed by atoms with Gasteiger partial charge in [-0.2, -0.15) is 0 Å². The molecule has 0 atom stereocenters. The van der Waals surface area contributed by atoms with Crippen LogP contribution in [0.3, 0.4) is 0 Å². The molecule has 0 radical (unpaired) electrons. The molecule has 1 aliphatic rings. The Morgan fingerprint density at radius 3 is 2.67 bits per heavy atom. The fourth-order valence-corrected chi connectivity index (χ4v) is 1.92. The largest absolute Gasteiger partial charge is 0.494 e. The van der Waals surface area contributed by atoms with E-state index in [0.29, 0.717) is 25.4 Å². The minimum absolute atomic E-state index is 0.206. The number of carbonyl (C=O) groups is 1. The van der Waals surface area contributed by atoms with E-state index in [9.17, 15) is 9.18 Å². The summed E-state index contributed by atoms with van der Waals surface area (Å²) >= 11 is 0. The van der Waals surface area contributed by atoms with Gasteiger partial charge in [-0.3, -0.25) is 4.79 Å². The van der Waals surface area contributed by atoms with Gasteiger partial charge in [0, 0.05) is 19.6 Å². The molecule has 4 nitrogen and oxygen atoms in total. The van der Waals surface area contributed by atoms with Gasteiger partial charge >= 0.3 is 5.97 Å². The van der Waals surface area contributed by atoms with E-state index < -0.39 is 5.97 Å². The van der Waals surface area contributed by atoms with Crippen molar-refractivity contribution >= 4 is 5.97 Å². The second kappa shape index (κ2) is 5.82. The Morgan fingerprint density at radius 1 is 1.39 bits per heavy atom. The van der Waals surface area contributed by atoms with E-state index >= 15 is 0 Å². The maximum atomic E-state index is 12.6. The van der Waals surface area contributed by atoms with Crippen LogP contribution in [0.5, 0.6) is 5.75 Å². The summed E-state index contributed by atoms with van der Waals surface area (Å²) in [6.45, 7) is 2.66. The van der Waals surface area contributed by atoms with Crippen LogP contribution in [0.4, 0.5) is 4.39 Å². The maximum absolute atomic E-state index is 12.6. The summed E-state index contributed by atoms with van der Waals surface area (Å²) in [7, 11) is 0. The summed E-state index contributed by atoms with van der Waals surface area (Å²) < 4.78 is 18.1. The highest BCUT2D eigenvalue weighted by Crippen LogP contribution is 2.16. The number of aliphatic carboxylic acids is 1. The van der Waals surface area contributed by atoms with Crippen LogP contribution in [0.2, 0.25) is 0 Å². The van der Waals surface area contributed by atoms with E-state index in [1.54, 1.807) is 12.1 Å². The molecule has 0 amide bonds. The summed E-state index contributed by atoms with van der Waals surface area (Å²) in [6, 6.07) is 5.92. The van der Waals surface area contributed by atoms with E-state index in [0.717, 1.165) is 13.0 Å². The summed E-state index contributed by atoms with van der Waals surface area (Å²) in [6.07, 6.45) is 0.837. The van der Waals surface area contributed by atoms with Gasteiger partial charge in [-0.1, -0.05) is 0 Å². The van der Waals surface area contributed by atoms with Crippen LogP contribution in [0.25, 0.3) is 0 Å². The third-order valence-electron chi connectivity index (χ3n) is 3.01. The summed E-state index contributed by atoms with van der Waals surface area (Å²) in [4.78, 5) is 12.7. The van der Waals surface area contributed by atoms with Crippen LogP contribution >= 0.6 is 0 Å². The molecule has 98 valence electrons. The molecule has 18 heavy (non-hydrogen) atoms. The topological polar surface area (TPSA) is 49.8 Å². The number of hydrogen-bond donors (Lipinski definition) is 1. The third kappa shape index (κ3) is 3.43. The molecular weight excluding hydrogens is 237 g/mol. The van der Waals surface area contributed by atoms with Gasteiger partial charge < -0.3 is 14.7 Å². The number of hydrogen-bond acceptors (Lipinski definition) is 3. The first-order valence-corrected chi connectivity index (χ1v) is 5.98. The number of rotatable bonds is 6. The lowest BCUT2D eigenvalue weighted by Gasteiger charge is -2.36. The monoisotopic (exact) mass is 253 g/mol. The molecule has 0 saturated carbocycles. The van der Waals surface area contributed by atoms with Gasteiger partial charge in [-0.15, -0.1) is 0 Å². The van der Waals surface area contributed by atoms with Crippen LogP contribution in [0.1, 0.15) is 6.42 Å². The fraction of sp³-hybridized carbons (Fsp3) is 0.462. The van der Waals surface area contributed by atoms with E-state index in [1.807, 2.05) is 0 Å². The predicted molar refractivity (Wildman–Crippen MR) is 64.1 cm³/mol. The van der Waals surface area contributed by atoms with Gasteiger partial charge in [0.15, 0.2) is 0 Å². The number of carboxylic acid groups (broad SMARTS) is 1. The van der Waals surface area contributed by atoms with Crippen molar-refractivity contribution in [1.29, 1.82) is 0 Å². The fourth-order valence-electron chi connectivity index (χ4n) is 1.92. The van der Waals surface area contributed by atoms with Gasteiger partial charge in [0.2, 0.25) is 0 Å². The molecular formula is C13H16FNO3. The average Bonchev–Trinajstić information content (AvgIpc) is 2.28. The van der Waals surface area contributed by atoms with Crippen molar-refractivity contribution in [2.24, 2.45) is 5.92 Å². The Labute approximate surface area is 105 Å². The first-order valence-electron chi connectivity index (χ1n) is 5.98. The molecule has 1 N–H and O–H groups in total. The molecule has 0 spiro atoms. The van der Waals surface area contributed by atoms with Crippen LogP contribution in [-0.2, 0) is 4.79 Å². The lowest BCUT2D eigenvalue weighted by atomic mass is 10.0. The van der Waals surface area contributed by atoms with Gasteiger partial charge in [0.25, 0.3) is 0 Å². The highest BCUT2D eigenvalue weighted by molar-refractivity contribution is 5.71. The zero-order chi connectivity index (χ0) is 13.0. The quantitative estimate of drug-likeness (QED) is 0.782. The van der Waals surface area contributed by atoms with Crippen molar-refractivity contribution < 1.29 is 19.0 Å². The van der Waals surface area contributed by atoms with Crippen LogP contribution < -0.4 is 4.74 Å². The van der Waals surface area contributed by atoms with Crippen LogP contribution in [0.15, 0.2) is 24.3 Å². The standard InChI is InChI=1S/C13H16FNO3/c14-11-2-4-12(5-3-11)18-7-1-6-15-8-10(9-15)13(16)17/h2-5,10H,1,6-9H2,(H,16,17). The molecule has 5 heteroatoms. The minimum Gasteiger partial charge on any atom is -0.494 e. The van der Waals surface area contributed by atoms with Crippen molar-refractivity contribution in [3.63, 3.8) is 0 Å². The third-order valence-corrected chi connectivity index (χ3v) is 3.01. The van der Waals surface area contributed by atoms with Gasteiger partial charge in [0.05, 0.1) is 12.5 Å². The number of likely N-dealkylation sites (tertiary alicyclic amines) is 1. The summed E-state index contributed by atoms with van der Waals surface area (Å²) in [5.74, 6) is -0.539. The molecule has 0 aliphatic carbocycles. The number of nitrogens with zero attached hydrogens (tertiary/aromatic N) is 1. The van der Waals surface area contributed by atoms with Crippen LogP contribution in [-0.4, -0.2) is 42.2 Å². The molecule has 1 heterocycles. The van der Waals surface area contributed by atoms with Crippen molar-refractivity contribution in [3.05, 3.63) is 30.1 Å². The normalized spacial score (nSPS) is 16.3. The lowest BCUT2D eigenvalue weighted by molar-refractivity contribution is -0.147. The van der Waals surface area contributed by atoms with Crippen molar-refractivity contribution in [2.75, 3.05) is 26.2 Å². The first kappa shape index (κ1) is 12.8. The van der Waals surface area contributed by atoms with Gasteiger partial charge in [0.1, 0.15) is 11.6 Å². The number of halogens is 1. The molecule has 1 aromatic carbocycles. The van der Waals surface area contributed by atoms with Crippen molar-refractivity contribution in [1.82, 2.24) is 4.90 Å². The van der Waals surface area contributed by atoms with Crippen molar-refractivity contribution in [3.8, 4) is 5.75 Å². The Bertz CT molecular complexity index is 401. The molecule has 2 rings (SSSR count). The van der Waals surface area contributed by atoms with E-state index in [1.165, 1.54) is 12.1 Å². The molecule has 1 aromatic rings. The Balaban J connectivity index is 1.57. The average molecular weight is 253 g/mol. The van der Waals surface area contributed by atoms with Crippen molar-refractivity contribution in [2.45, 2.75) is 6.42 Å². The Hall–Kier alpha value is -1.62. The molecule has 1 fully saturated rings. The van der Waals surface area contributed by atoms with E-state index in [2.05, 4.69) is 4.90 Å². The Kier molecular flexibility index (Phi) is 4.15. The molecule has 0 aromatic heterocycles. The Morgan fingerprint density at radius 2 is 2.06 bits per heavy atom. The molecule has 0 bridgehead atoms. The highest BCUT2D eigenvalue weighted by atomic mass is 19.1. The maximum Gasteiger partial charge on any atom is 0.309 e. The number of carboxylic acids is 1. The SMILES string of the molecule is O=C(O)C1CN(CCCOc2ccc(F)cc2)C1. The second-order valence-corrected chi connectivity index (χ2v) is 4.45. The molecule has 0 unspecified atom stereocenters. The summed E-state index contributed by atoms with van der Waals surface area (Å²) in [5.41, 5.74) is 0. The van der Waals surface area contributed by atoms with Gasteiger partial charge in [-0.25, -0.2) is 4.39 Å². The molecule has 1 saturated heterocycles. The van der Waals surface area contributed by atoms with Crippen LogP contribution in [0, 0.1) is 11.7 Å². The van der Waals surface area contributed by atoms with E-state index in [-0.39, 0.29) is 11.7 Å². The lowest BCUT2D eigenvalue weighted by Crippen LogP contribution is -2.50.